The second kappa shape index (κ2) is 6.29. The summed E-state index contributed by atoms with van der Waals surface area (Å²) >= 11 is 1.59. The van der Waals surface area contributed by atoms with Gasteiger partial charge in [0.15, 0.2) is 0 Å². The summed E-state index contributed by atoms with van der Waals surface area (Å²) in [4.78, 5) is 27.7. The van der Waals surface area contributed by atoms with Crippen LogP contribution < -0.4 is 5.32 Å². The highest BCUT2D eigenvalue weighted by molar-refractivity contribution is 7.10. The van der Waals surface area contributed by atoms with Gasteiger partial charge in [0, 0.05) is 4.88 Å². The van der Waals surface area contributed by atoms with Crippen molar-refractivity contribution in [1.29, 1.82) is 0 Å². The molecule has 0 aliphatic rings. The summed E-state index contributed by atoms with van der Waals surface area (Å²) in [6, 6.07) is 6.40. The number of carbonyl (C=O) groups excluding carboxylic acids is 1. The highest BCUT2D eigenvalue weighted by atomic mass is 32.1. The number of hydrogen-bond acceptors (Lipinski definition) is 4. The zero-order chi connectivity index (χ0) is 14.5. The zero-order valence-electron chi connectivity index (χ0n) is 10.9. The Morgan fingerprint density at radius 1 is 1.30 bits per heavy atom. The second-order valence-corrected chi connectivity index (χ2v) is 5.12. The van der Waals surface area contributed by atoms with Crippen LogP contribution in [-0.2, 0) is 13.0 Å². The molecule has 104 valence electrons. The van der Waals surface area contributed by atoms with Crippen molar-refractivity contribution in [3.63, 3.8) is 0 Å². The monoisotopic (exact) mass is 290 g/mol. The molecular formula is C14H14N2O3S. The molecule has 2 rings (SSSR count). The maximum Gasteiger partial charge on any atom is 0.354 e. The van der Waals surface area contributed by atoms with Crippen molar-refractivity contribution in [2.24, 2.45) is 0 Å². The summed E-state index contributed by atoms with van der Waals surface area (Å²) in [6.07, 6.45) is 0.918. The van der Waals surface area contributed by atoms with E-state index in [0.29, 0.717) is 6.54 Å². The molecule has 2 aromatic heterocycles. The summed E-state index contributed by atoms with van der Waals surface area (Å²) in [7, 11) is 0. The number of nitrogens with zero attached hydrogens (tertiary/aromatic N) is 1. The van der Waals surface area contributed by atoms with E-state index in [1.807, 2.05) is 11.4 Å². The zero-order valence-corrected chi connectivity index (χ0v) is 11.7. The van der Waals surface area contributed by atoms with Crippen LogP contribution in [0, 0.1) is 0 Å². The molecule has 0 radical (unpaired) electrons. The fourth-order valence-corrected chi connectivity index (χ4v) is 2.68. The molecule has 0 bridgehead atoms. The van der Waals surface area contributed by atoms with Crippen LogP contribution in [-0.4, -0.2) is 22.0 Å². The van der Waals surface area contributed by atoms with E-state index in [1.54, 1.807) is 11.3 Å². The van der Waals surface area contributed by atoms with Crippen LogP contribution in [0.15, 0.2) is 29.6 Å². The van der Waals surface area contributed by atoms with Crippen LogP contribution in [0.2, 0.25) is 0 Å². The summed E-state index contributed by atoms with van der Waals surface area (Å²) in [5.74, 6) is -1.52. The Morgan fingerprint density at radius 2 is 2.05 bits per heavy atom. The summed E-state index contributed by atoms with van der Waals surface area (Å²) in [5, 5.41) is 13.6. The van der Waals surface area contributed by atoms with Crippen LogP contribution in [0.1, 0.15) is 38.3 Å². The Balaban J connectivity index is 2.05. The largest absolute Gasteiger partial charge is 0.477 e. The SMILES string of the molecule is CCc1ccsc1CNC(=O)c1cccc(C(=O)O)n1. The Kier molecular flexibility index (Phi) is 4.47. The average molecular weight is 290 g/mol. The van der Waals surface area contributed by atoms with Gasteiger partial charge in [-0.15, -0.1) is 11.3 Å². The number of amides is 1. The number of aromatic nitrogens is 1. The van der Waals surface area contributed by atoms with Crippen molar-refractivity contribution in [2.45, 2.75) is 19.9 Å². The number of carbonyl (C=O) groups is 2. The van der Waals surface area contributed by atoms with Crippen molar-refractivity contribution >= 4 is 23.2 Å². The molecule has 2 heterocycles. The van der Waals surface area contributed by atoms with Gasteiger partial charge in [-0.1, -0.05) is 13.0 Å². The number of carboxylic acids is 1. The number of rotatable bonds is 5. The molecule has 2 aromatic rings. The van der Waals surface area contributed by atoms with Gasteiger partial charge < -0.3 is 10.4 Å². The smallest absolute Gasteiger partial charge is 0.354 e. The number of thiophene rings is 1. The highest BCUT2D eigenvalue weighted by Crippen LogP contribution is 2.17. The summed E-state index contributed by atoms with van der Waals surface area (Å²) in [5.41, 5.74) is 1.19. The molecule has 2 N–H and O–H groups in total. The Labute approximate surface area is 120 Å². The van der Waals surface area contributed by atoms with Gasteiger partial charge in [0.25, 0.3) is 5.91 Å². The molecule has 0 fully saturated rings. The first-order valence-corrected chi connectivity index (χ1v) is 7.03. The van der Waals surface area contributed by atoms with Gasteiger partial charge in [-0.25, -0.2) is 9.78 Å². The minimum atomic E-state index is -1.15. The van der Waals surface area contributed by atoms with E-state index in [-0.39, 0.29) is 17.3 Å². The lowest BCUT2D eigenvalue weighted by molar-refractivity contribution is 0.0690. The normalized spacial score (nSPS) is 10.2. The molecule has 0 aromatic carbocycles. The van der Waals surface area contributed by atoms with Crippen LogP contribution in [0.5, 0.6) is 0 Å². The first kappa shape index (κ1) is 14.2. The van der Waals surface area contributed by atoms with Gasteiger partial charge in [-0.3, -0.25) is 4.79 Å². The van der Waals surface area contributed by atoms with Crippen molar-refractivity contribution in [2.75, 3.05) is 0 Å². The molecule has 0 spiro atoms. The quantitative estimate of drug-likeness (QED) is 0.885. The maximum atomic E-state index is 12.0. The molecule has 0 aliphatic carbocycles. The fourth-order valence-electron chi connectivity index (χ4n) is 1.77. The molecule has 0 saturated carbocycles. The number of carboxylic acid groups (broad SMARTS) is 1. The van der Waals surface area contributed by atoms with Gasteiger partial charge in [-0.2, -0.15) is 0 Å². The maximum absolute atomic E-state index is 12.0. The number of aromatic carboxylic acids is 1. The topological polar surface area (TPSA) is 79.3 Å². The highest BCUT2D eigenvalue weighted by Gasteiger charge is 2.12. The predicted molar refractivity (Wildman–Crippen MR) is 76.1 cm³/mol. The number of hydrogen-bond donors (Lipinski definition) is 2. The van der Waals surface area contributed by atoms with Gasteiger partial charge in [0.1, 0.15) is 11.4 Å². The Hall–Kier alpha value is -2.21. The number of nitrogens with one attached hydrogen (secondary N) is 1. The summed E-state index contributed by atoms with van der Waals surface area (Å²) in [6.45, 7) is 2.49. The van der Waals surface area contributed by atoms with Crippen LogP contribution in [0.4, 0.5) is 0 Å². The Bertz CT molecular complexity index is 637. The van der Waals surface area contributed by atoms with Gasteiger partial charge >= 0.3 is 5.97 Å². The van der Waals surface area contributed by atoms with Gasteiger partial charge in [0.05, 0.1) is 6.54 Å². The minimum Gasteiger partial charge on any atom is -0.477 e. The molecule has 0 aliphatic heterocycles. The van der Waals surface area contributed by atoms with Crippen molar-refractivity contribution in [3.05, 3.63) is 51.5 Å². The molecule has 0 unspecified atom stereocenters. The molecule has 0 atom stereocenters. The van der Waals surface area contributed by atoms with E-state index in [0.717, 1.165) is 11.3 Å². The molecule has 20 heavy (non-hydrogen) atoms. The second-order valence-electron chi connectivity index (χ2n) is 4.12. The van der Waals surface area contributed by atoms with E-state index in [4.69, 9.17) is 5.11 Å². The van der Waals surface area contributed by atoms with Crippen molar-refractivity contribution in [3.8, 4) is 0 Å². The molecule has 6 heteroatoms. The third-order valence-corrected chi connectivity index (χ3v) is 3.79. The minimum absolute atomic E-state index is 0.111. The molecule has 1 amide bonds. The van der Waals surface area contributed by atoms with Crippen molar-refractivity contribution in [1.82, 2.24) is 10.3 Å². The van der Waals surface area contributed by atoms with Crippen LogP contribution in [0.25, 0.3) is 0 Å². The lowest BCUT2D eigenvalue weighted by atomic mass is 10.2. The molecular weight excluding hydrogens is 276 g/mol. The number of aryl methyl sites for hydroxylation is 1. The average Bonchev–Trinajstić information content (AvgIpc) is 2.92. The van der Waals surface area contributed by atoms with E-state index >= 15 is 0 Å². The lowest BCUT2D eigenvalue weighted by Gasteiger charge is -2.05. The first-order chi connectivity index (χ1) is 9.61. The van der Waals surface area contributed by atoms with E-state index < -0.39 is 5.97 Å². The van der Waals surface area contributed by atoms with Gasteiger partial charge in [-0.05, 0) is 35.6 Å². The van der Waals surface area contributed by atoms with Gasteiger partial charge in [0.2, 0.25) is 0 Å². The van der Waals surface area contributed by atoms with Crippen LogP contribution in [0.3, 0.4) is 0 Å². The Morgan fingerprint density at radius 3 is 2.75 bits per heavy atom. The van der Waals surface area contributed by atoms with E-state index in [9.17, 15) is 9.59 Å². The number of pyridine rings is 1. The van der Waals surface area contributed by atoms with Crippen LogP contribution >= 0.6 is 11.3 Å². The third kappa shape index (κ3) is 3.21. The standard InChI is InChI=1S/C14H14N2O3S/c1-2-9-6-7-20-12(9)8-15-13(17)10-4-3-5-11(16-10)14(18)19/h3-7H,2,8H2,1H3,(H,15,17)(H,18,19). The van der Waals surface area contributed by atoms with Crippen molar-refractivity contribution < 1.29 is 14.7 Å². The van der Waals surface area contributed by atoms with E-state index in [1.165, 1.54) is 23.8 Å². The predicted octanol–water partition coefficient (Wildman–Crippen LogP) is 2.33. The third-order valence-electron chi connectivity index (χ3n) is 2.83. The first-order valence-electron chi connectivity index (χ1n) is 6.15. The lowest BCUT2D eigenvalue weighted by Crippen LogP contribution is -2.24. The summed E-state index contributed by atoms with van der Waals surface area (Å²) < 4.78 is 0. The fraction of sp³-hybridized carbons (Fsp3) is 0.214. The molecule has 5 nitrogen and oxygen atoms in total. The molecule has 0 saturated heterocycles. The van der Waals surface area contributed by atoms with E-state index in [2.05, 4.69) is 17.2 Å².